The van der Waals surface area contributed by atoms with E-state index in [0.717, 1.165) is 11.1 Å². The molecule has 3 aromatic carbocycles. The lowest BCUT2D eigenvalue weighted by molar-refractivity contribution is 0.0961. The first-order chi connectivity index (χ1) is 17.8. The Morgan fingerprint density at radius 3 is 2.16 bits per heavy atom. The molecule has 4 N–H and O–H groups in total. The van der Waals surface area contributed by atoms with Gasteiger partial charge in [0.2, 0.25) is 16.0 Å². The van der Waals surface area contributed by atoms with Gasteiger partial charge >= 0.3 is 0 Å². The van der Waals surface area contributed by atoms with Crippen LogP contribution in [0.3, 0.4) is 0 Å². The minimum atomic E-state index is -4.02. The highest BCUT2D eigenvalue weighted by atomic mass is 32.2. The molecule has 10 heteroatoms. The molecule has 0 bridgehead atoms. The molecule has 0 atom stereocenters. The van der Waals surface area contributed by atoms with Gasteiger partial charge < -0.3 is 0 Å². The zero-order valence-corrected chi connectivity index (χ0v) is 21.2. The van der Waals surface area contributed by atoms with E-state index in [1.54, 1.807) is 13.0 Å². The maximum absolute atomic E-state index is 13.5. The zero-order valence-electron chi connectivity index (χ0n) is 20.4. The lowest BCUT2D eigenvalue weighted by atomic mass is 10.00. The van der Waals surface area contributed by atoms with E-state index in [0.29, 0.717) is 17.7 Å². The van der Waals surface area contributed by atoms with E-state index in [9.17, 15) is 18.0 Å². The minimum Gasteiger partial charge on any atom is -0.291 e. The number of carbonyl (C=O) groups excluding carboxylic acids is 1. The monoisotopic (exact) mass is 517 g/mol. The van der Waals surface area contributed by atoms with Gasteiger partial charge in [-0.05, 0) is 42.2 Å². The maximum atomic E-state index is 13.5. The highest BCUT2D eigenvalue weighted by molar-refractivity contribution is 7.89. The molecular weight excluding hydrogens is 490 g/mol. The summed E-state index contributed by atoms with van der Waals surface area (Å²) >= 11 is 0. The lowest BCUT2D eigenvalue weighted by Gasteiger charge is -2.20. The molecule has 190 valence electrons. The second kappa shape index (κ2) is 11.2. The second-order valence-electron chi connectivity index (χ2n) is 8.37. The molecule has 1 amide bonds. The number of nitrogens with zero attached hydrogens (tertiary/aromatic N) is 1. The van der Waals surface area contributed by atoms with Crippen LogP contribution in [0, 0.1) is 6.92 Å². The molecule has 1 heterocycles. The first-order valence-electron chi connectivity index (χ1n) is 11.7. The van der Waals surface area contributed by atoms with E-state index in [2.05, 4.69) is 25.5 Å². The number of hydrazine groups is 1. The minimum absolute atomic E-state index is 0.0559. The Morgan fingerprint density at radius 2 is 1.57 bits per heavy atom. The predicted molar refractivity (Wildman–Crippen MR) is 142 cm³/mol. The summed E-state index contributed by atoms with van der Waals surface area (Å²) < 4.78 is 29.7. The average Bonchev–Trinajstić information content (AvgIpc) is 2.91. The zero-order chi connectivity index (χ0) is 26.4. The van der Waals surface area contributed by atoms with Crippen molar-refractivity contribution in [2.24, 2.45) is 0 Å². The van der Waals surface area contributed by atoms with Crippen LogP contribution in [-0.4, -0.2) is 24.3 Å². The summed E-state index contributed by atoms with van der Waals surface area (Å²) in [5.41, 5.74) is 7.54. The number of rotatable bonds is 9. The molecule has 1 aromatic heterocycles. The van der Waals surface area contributed by atoms with Gasteiger partial charge in [-0.3, -0.25) is 25.4 Å². The molecule has 0 aliphatic heterocycles. The second-order valence-corrected chi connectivity index (χ2v) is 10.1. The van der Waals surface area contributed by atoms with Gasteiger partial charge in [-0.2, -0.15) is 4.72 Å². The van der Waals surface area contributed by atoms with Crippen molar-refractivity contribution in [2.45, 2.75) is 31.2 Å². The first-order valence-corrected chi connectivity index (χ1v) is 13.1. The van der Waals surface area contributed by atoms with E-state index >= 15 is 0 Å². The molecule has 0 fully saturated rings. The van der Waals surface area contributed by atoms with Crippen molar-refractivity contribution >= 4 is 21.9 Å². The molecule has 4 rings (SSSR count). The highest BCUT2D eigenvalue weighted by Gasteiger charge is 2.24. The number of amides is 1. The number of H-pyrrole nitrogens is 1. The normalized spacial score (nSPS) is 11.3. The van der Waals surface area contributed by atoms with Gasteiger partial charge in [0.15, 0.2) is 0 Å². The third-order valence-electron chi connectivity index (χ3n) is 5.75. The van der Waals surface area contributed by atoms with E-state index in [-0.39, 0.29) is 22.0 Å². The quantitative estimate of drug-likeness (QED) is 0.251. The van der Waals surface area contributed by atoms with Crippen LogP contribution >= 0.6 is 0 Å². The summed E-state index contributed by atoms with van der Waals surface area (Å²) in [5, 5.41) is 0. The van der Waals surface area contributed by atoms with Gasteiger partial charge in [0.25, 0.3) is 11.5 Å². The molecule has 0 aliphatic rings. The number of hydrogen-bond donors (Lipinski definition) is 4. The van der Waals surface area contributed by atoms with Crippen LogP contribution in [0.4, 0.5) is 5.95 Å². The summed E-state index contributed by atoms with van der Waals surface area (Å²) in [6.07, 6.45) is 0.547. The Hall–Kier alpha value is -4.28. The predicted octanol–water partition coefficient (Wildman–Crippen LogP) is 3.47. The number of sulfonamides is 1. The standard InChI is InChI=1S/C27H27N5O4S/c1-3-21-16-24(33)29-27(28-21)31-30-26(34)23-17-22(15-14-18(23)2)37(35,36)32-25(19-10-6-4-7-11-19)20-12-8-5-9-13-20/h4-17,25,32H,3H2,1-2H3,(H,30,34)(H2,28,29,31,33). The Labute approximate surface area is 215 Å². The van der Waals surface area contributed by atoms with Gasteiger partial charge in [0, 0.05) is 17.3 Å². The maximum Gasteiger partial charge on any atom is 0.270 e. The van der Waals surface area contributed by atoms with E-state index < -0.39 is 22.0 Å². The molecule has 9 nitrogen and oxygen atoms in total. The van der Waals surface area contributed by atoms with Crippen LogP contribution < -0.4 is 21.1 Å². The molecule has 0 saturated carbocycles. The topological polar surface area (TPSA) is 133 Å². The summed E-state index contributed by atoms with van der Waals surface area (Å²) in [4.78, 5) is 31.3. The molecule has 0 saturated heterocycles. The third-order valence-corrected chi connectivity index (χ3v) is 7.17. The van der Waals surface area contributed by atoms with Gasteiger partial charge in [0.05, 0.1) is 10.9 Å². The highest BCUT2D eigenvalue weighted by Crippen LogP contribution is 2.25. The van der Waals surface area contributed by atoms with Crippen molar-refractivity contribution in [3.05, 3.63) is 123 Å². The smallest absolute Gasteiger partial charge is 0.270 e. The third kappa shape index (κ3) is 6.29. The Balaban J connectivity index is 1.59. The first kappa shape index (κ1) is 25.8. The largest absolute Gasteiger partial charge is 0.291 e. The number of hydrogen-bond acceptors (Lipinski definition) is 6. The van der Waals surface area contributed by atoms with Gasteiger partial charge in [-0.15, -0.1) is 0 Å². The summed E-state index contributed by atoms with van der Waals surface area (Å²) in [7, 11) is -4.02. The molecule has 0 radical (unpaired) electrons. The number of benzene rings is 3. The van der Waals surface area contributed by atoms with Crippen LogP contribution in [0.15, 0.2) is 94.6 Å². The molecule has 0 unspecified atom stereocenters. The molecule has 0 spiro atoms. The van der Waals surface area contributed by atoms with Gasteiger partial charge in [0.1, 0.15) is 0 Å². The number of aromatic amines is 1. The van der Waals surface area contributed by atoms with Crippen molar-refractivity contribution in [3.63, 3.8) is 0 Å². The van der Waals surface area contributed by atoms with Crippen molar-refractivity contribution in [1.82, 2.24) is 20.1 Å². The van der Waals surface area contributed by atoms with Crippen molar-refractivity contribution in [2.75, 3.05) is 5.43 Å². The van der Waals surface area contributed by atoms with Crippen LogP contribution in [0.25, 0.3) is 0 Å². The number of anilines is 1. The van der Waals surface area contributed by atoms with E-state index in [1.807, 2.05) is 67.6 Å². The number of aryl methyl sites for hydroxylation is 2. The SMILES string of the molecule is CCc1cc(=O)[nH]c(NNC(=O)c2cc(S(=O)(=O)NC(c3ccccc3)c3ccccc3)ccc2C)n1. The Kier molecular flexibility index (Phi) is 7.80. The van der Waals surface area contributed by atoms with Gasteiger partial charge in [-0.25, -0.2) is 13.4 Å². The van der Waals surface area contributed by atoms with Gasteiger partial charge in [-0.1, -0.05) is 73.7 Å². The van der Waals surface area contributed by atoms with Crippen molar-refractivity contribution < 1.29 is 13.2 Å². The fourth-order valence-corrected chi connectivity index (χ4v) is 5.03. The lowest BCUT2D eigenvalue weighted by Crippen LogP contribution is -2.33. The summed E-state index contributed by atoms with van der Waals surface area (Å²) in [5.74, 6) is -0.504. The molecule has 0 aliphatic carbocycles. The van der Waals surface area contributed by atoms with Crippen LogP contribution in [0.5, 0.6) is 0 Å². The fourth-order valence-electron chi connectivity index (χ4n) is 3.79. The fraction of sp³-hybridized carbons (Fsp3) is 0.148. The number of aromatic nitrogens is 2. The van der Waals surface area contributed by atoms with Crippen LogP contribution in [-0.2, 0) is 16.4 Å². The Bertz CT molecular complexity index is 1520. The average molecular weight is 518 g/mol. The number of carbonyl (C=O) groups is 1. The Morgan fingerprint density at radius 1 is 0.946 bits per heavy atom. The van der Waals surface area contributed by atoms with Crippen LogP contribution in [0.2, 0.25) is 0 Å². The summed E-state index contributed by atoms with van der Waals surface area (Å²) in [6, 6.07) is 23.6. The van der Waals surface area contributed by atoms with Crippen molar-refractivity contribution in [1.29, 1.82) is 0 Å². The van der Waals surface area contributed by atoms with E-state index in [4.69, 9.17) is 0 Å². The van der Waals surface area contributed by atoms with E-state index in [1.165, 1.54) is 18.2 Å². The molecule has 4 aromatic rings. The number of nitrogens with one attached hydrogen (secondary N) is 4. The van der Waals surface area contributed by atoms with Crippen molar-refractivity contribution in [3.8, 4) is 0 Å². The summed E-state index contributed by atoms with van der Waals surface area (Å²) in [6.45, 7) is 3.56. The van der Waals surface area contributed by atoms with Crippen LogP contribution in [0.1, 0.15) is 45.7 Å². The molecular formula is C27H27N5O4S. The molecule has 37 heavy (non-hydrogen) atoms.